The van der Waals surface area contributed by atoms with E-state index in [1.54, 1.807) is 12.4 Å². The first-order chi connectivity index (χ1) is 10.0. The molecule has 0 N–H and O–H groups in total. The number of aromatic nitrogens is 4. The predicted octanol–water partition coefficient (Wildman–Crippen LogP) is 1.95. The lowest BCUT2D eigenvalue weighted by atomic mass is 9.96. The van der Waals surface area contributed by atoms with Crippen molar-refractivity contribution in [2.45, 2.75) is 26.2 Å². The smallest absolute Gasteiger partial charge is 0.225 e. The van der Waals surface area contributed by atoms with Crippen LogP contribution >= 0.6 is 11.5 Å². The van der Waals surface area contributed by atoms with E-state index in [1.165, 1.54) is 11.5 Å². The number of hydrogen-bond acceptors (Lipinski definition) is 7. The normalized spacial score (nSPS) is 16.3. The van der Waals surface area contributed by atoms with Crippen molar-refractivity contribution in [3.05, 3.63) is 24.3 Å². The van der Waals surface area contributed by atoms with E-state index < -0.39 is 0 Å². The summed E-state index contributed by atoms with van der Waals surface area (Å²) in [7, 11) is 0. The molecule has 0 atom stereocenters. The summed E-state index contributed by atoms with van der Waals surface area (Å²) in [6.45, 7) is 10.1. The Morgan fingerprint density at radius 2 is 1.62 bits per heavy atom. The van der Waals surface area contributed by atoms with Crippen molar-refractivity contribution in [2.24, 2.45) is 0 Å². The maximum absolute atomic E-state index is 4.69. The third kappa shape index (κ3) is 3.12. The molecule has 0 aromatic carbocycles. The summed E-state index contributed by atoms with van der Waals surface area (Å²) in [5.74, 6) is 1.74. The van der Waals surface area contributed by atoms with Crippen LogP contribution in [0.4, 0.5) is 11.1 Å². The van der Waals surface area contributed by atoms with Crippen molar-refractivity contribution < 1.29 is 0 Å². The Kier molecular flexibility index (Phi) is 3.75. The van der Waals surface area contributed by atoms with E-state index in [1.807, 2.05) is 6.07 Å². The van der Waals surface area contributed by atoms with Crippen LogP contribution in [0.25, 0.3) is 0 Å². The maximum Gasteiger partial charge on any atom is 0.225 e. The minimum atomic E-state index is 0.00838. The summed E-state index contributed by atoms with van der Waals surface area (Å²) in [6, 6.07) is 1.84. The van der Waals surface area contributed by atoms with Crippen molar-refractivity contribution in [3.8, 4) is 0 Å². The zero-order valence-corrected chi connectivity index (χ0v) is 13.5. The minimum Gasteiger partial charge on any atom is -0.343 e. The molecule has 0 aliphatic carbocycles. The second kappa shape index (κ2) is 5.55. The largest absolute Gasteiger partial charge is 0.343 e. The van der Waals surface area contributed by atoms with Gasteiger partial charge in [0.2, 0.25) is 11.1 Å². The average Bonchev–Trinajstić information content (AvgIpc) is 2.98. The molecule has 6 nitrogen and oxygen atoms in total. The van der Waals surface area contributed by atoms with Gasteiger partial charge in [-0.3, -0.25) is 0 Å². The van der Waals surface area contributed by atoms with Gasteiger partial charge in [0.15, 0.2) is 0 Å². The van der Waals surface area contributed by atoms with Crippen LogP contribution in [0, 0.1) is 0 Å². The van der Waals surface area contributed by atoms with E-state index in [0.29, 0.717) is 0 Å². The van der Waals surface area contributed by atoms with Crippen molar-refractivity contribution in [1.82, 2.24) is 19.3 Å². The van der Waals surface area contributed by atoms with Crippen molar-refractivity contribution in [3.63, 3.8) is 0 Å². The number of rotatable bonds is 2. The van der Waals surface area contributed by atoms with Crippen LogP contribution in [0.1, 0.15) is 26.6 Å². The molecule has 0 amide bonds. The topological polar surface area (TPSA) is 58.0 Å². The van der Waals surface area contributed by atoms with E-state index in [0.717, 1.165) is 43.1 Å². The summed E-state index contributed by atoms with van der Waals surface area (Å²) in [6.07, 6.45) is 3.57. The molecule has 0 bridgehead atoms. The molecule has 2 aromatic rings. The molecule has 3 rings (SSSR count). The average molecular weight is 304 g/mol. The number of anilines is 2. The zero-order chi connectivity index (χ0) is 14.9. The number of piperazine rings is 1. The van der Waals surface area contributed by atoms with Crippen LogP contribution in [-0.2, 0) is 5.41 Å². The lowest BCUT2D eigenvalue weighted by Gasteiger charge is -2.34. The Morgan fingerprint density at radius 1 is 1.00 bits per heavy atom. The highest BCUT2D eigenvalue weighted by atomic mass is 32.1. The highest BCUT2D eigenvalue weighted by Crippen LogP contribution is 2.26. The fraction of sp³-hybridized carbons (Fsp3) is 0.571. The molecule has 0 saturated carbocycles. The monoisotopic (exact) mass is 304 g/mol. The van der Waals surface area contributed by atoms with Crippen LogP contribution in [-0.4, -0.2) is 45.5 Å². The summed E-state index contributed by atoms with van der Waals surface area (Å²) in [4.78, 5) is 17.8. The Labute approximate surface area is 129 Å². The molecule has 2 aromatic heterocycles. The Balaban J connectivity index is 1.65. The molecule has 1 aliphatic heterocycles. The standard InChI is InChI=1S/C14H20N6S/c1-14(2,3)11-17-13(21-18-11)20-9-7-19(8-10-20)12-15-5-4-6-16-12/h4-6H,7-10H2,1-3H3. The molecule has 0 unspecified atom stereocenters. The quantitative estimate of drug-likeness (QED) is 0.845. The van der Waals surface area contributed by atoms with Crippen LogP contribution in [0.5, 0.6) is 0 Å². The third-order valence-electron chi connectivity index (χ3n) is 3.47. The Hall–Kier alpha value is -1.76. The van der Waals surface area contributed by atoms with Gasteiger partial charge in [-0.1, -0.05) is 20.8 Å². The summed E-state index contributed by atoms with van der Waals surface area (Å²) in [5.41, 5.74) is 0.00838. The molecule has 1 saturated heterocycles. The van der Waals surface area contributed by atoms with Gasteiger partial charge in [0.1, 0.15) is 5.82 Å². The van der Waals surface area contributed by atoms with Crippen molar-refractivity contribution >= 4 is 22.6 Å². The van der Waals surface area contributed by atoms with Gasteiger partial charge in [-0.2, -0.15) is 4.37 Å². The van der Waals surface area contributed by atoms with Crippen LogP contribution in [0.3, 0.4) is 0 Å². The highest BCUT2D eigenvalue weighted by Gasteiger charge is 2.24. The van der Waals surface area contributed by atoms with Gasteiger partial charge in [0, 0.05) is 55.5 Å². The summed E-state index contributed by atoms with van der Waals surface area (Å²) in [5, 5.41) is 1.02. The SMILES string of the molecule is CC(C)(C)c1nsc(N2CCN(c3ncccn3)CC2)n1. The lowest BCUT2D eigenvalue weighted by molar-refractivity contribution is 0.552. The molecule has 0 spiro atoms. The molecule has 0 radical (unpaired) electrons. The molecule has 3 heterocycles. The Morgan fingerprint density at radius 3 is 2.19 bits per heavy atom. The van der Waals surface area contributed by atoms with Gasteiger partial charge in [-0.15, -0.1) is 0 Å². The molecule has 7 heteroatoms. The van der Waals surface area contributed by atoms with Gasteiger partial charge in [-0.05, 0) is 6.07 Å². The lowest BCUT2D eigenvalue weighted by Crippen LogP contribution is -2.47. The minimum absolute atomic E-state index is 0.00838. The van der Waals surface area contributed by atoms with Crippen molar-refractivity contribution in [2.75, 3.05) is 36.0 Å². The summed E-state index contributed by atoms with van der Waals surface area (Å²) < 4.78 is 4.49. The van der Waals surface area contributed by atoms with E-state index >= 15 is 0 Å². The molecule has 1 aliphatic rings. The zero-order valence-electron chi connectivity index (χ0n) is 12.7. The molecule has 1 fully saturated rings. The number of nitrogens with zero attached hydrogens (tertiary/aromatic N) is 6. The van der Waals surface area contributed by atoms with Gasteiger partial charge >= 0.3 is 0 Å². The molecule has 21 heavy (non-hydrogen) atoms. The first-order valence-corrected chi connectivity index (χ1v) is 7.92. The van der Waals surface area contributed by atoms with Crippen molar-refractivity contribution in [1.29, 1.82) is 0 Å². The van der Waals surface area contributed by atoms with Crippen LogP contribution < -0.4 is 9.80 Å². The molecular formula is C14H20N6S. The van der Waals surface area contributed by atoms with Gasteiger partial charge in [0.25, 0.3) is 0 Å². The van der Waals surface area contributed by atoms with Gasteiger partial charge in [0.05, 0.1) is 0 Å². The van der Waals surface area contributed by atoms with E-state index in [-0.39, 0.29) is 5.41 Å². The predicted molar refractivity (Wildman–Crippen MR) is 85.1 cm³/mol. The third-order valence-corrected chi connectivity index (χ3v) is 4.25. The second-order valence-electron chi connectivity index (χ2n) is 6.17. The van der Waals surface area contributed by atoms with E-state index in [2.05, 4.69) is 49.9 Å². The first kappa shape index (κ1) is 14.2. The van der Waals surface area contributed by atoms with E-state index in [4.69, 9.17) is 0 Å². The van der Waals surface area contributed by atoms with E-state index in [9.17, 15) is 0 Å². The van der Waals surface area contributed by atoms with Gasteiger partial charge < -0.3 is 9.80 Å². The van der Waals surface area contributed by atoms with Gasteiger partial charge in [-0.25, -0.2) is 15.0 Å². The van der Waals surface area contributed by atoms with Crippen LogP contribution in [0.2, 0.25) is 0 Å². The molecular weight excluding hydrogens is 284 g/mol. The fourth-order valence-corrected chi connectivity index (χ4v) is 3.11. The Bertz CT molecular complexity index is 583. The summed E-state index contributed by atoms with van der Waals surface area (Å²) >= 11 is 1.50. The molecule has 112 valence electrons. The highest BCUT2D eigenvalue weighted by molar-refractivity contribution is 7.09. The fourth-order valence-electron chi connectivity index (χ4n) is 2.20. The van der Waals surface area contributed by atoms with Crippen LogP contribution in [0.15, 0.2) is 18.5 Å². The second-order valence-corrected chi connectivity index (χ2v) is 6.90. The maximum atomic E-state index is 4.69. The first-order valence-electron chi connectivity index (χ1n) is 7.15. The number of hydrogen-bond donors (Lipinski definition) is 0.